The number of hydrogen-bond donors (Lipinski definition) is 1. The number of allylic oxidation sites excluding steroid dienone is 3. The monoisotopic (exact) mass is 526 g/mol. The van der Waals surface area contributed by atoms with E-state index in [1.165, 1.54) is 12.5 Å². The number of aliphatic hydroxyl groups is 1. The van der Waals surface area contributed by atoms with Crippen LogP contribution in [0.5, 0.6) is 0 Å². The molecule has 1 N–H and O–H groups in total. The molecule has 6 rings (SSSR count). The maximum absolute atomic E-state index is 13.0. The number of epoxide rings is 1. The van der Waals surface area contributed by atoms with Gasteiger partial charge >= 0.3 is 5.97 Å². The van der Waals surface area contributed by atoms with E-state index in [1.807, 2.05) is 6.08 Å². The summed E-state index contributed by atoms with van der Waals surface area (Å²) in [5.41, 5.74) is 0.0840. The van der Waals surface area contributed by atoms with Crippen molar-refractivity contribution in [1.29, 1.82) is 0 Å². The lowest BCUT2D eigenvalue weighted by Gasteiger charge is -2.66. The van der Waals surface area contributed by atoms with Crippen LogP contribution in [-0.2, 0) is 23.8 Å². The van der Waals surface area contributed by atoms with E-state index in [0.717, 1.165) is 25.7 Å². The third kappa shape index (κ3) is 3.41. The van der Waals surface area contributed by atoms with E-state index in [0.29, 0.717) is 6.42 Å². The van der Waals surface area contributed by atoms with Crippen molar-refractivity contribution >= 4 is 11.8 Å². The molecule has 4 fully saturated rings. The highest BCUT2D eigenvalue weighted by Crippen LogP contribution is 2.73. The third-order valence-electron chi connectivity index (χ3n) is 12.4. The molecule has 0 aromatic carbocycles. The minimum Gasteiger partial charge on any atom is -0.462 e. The van der Waals surface area contributed by atoms with Crippen LogP contribution in [0, 0.1) is 45.3 Å². The quantitative estimate of drug-likeness (QED) is 0.302. The average Bonchev–Trinajstić information content (AvgIpc) is 3.10. The number of fused-ring (bicyclic) bond motifs is 5. The number of carbonyl (C=O) groups excluding carboxylic acids is 2. The summed E-state index contributed by atoms with van der Waals surface area (Å²) in [6.45, 7) is 16.8. The summed E-state index contributed by atoms with van der Waals surface area (Å²) in [4.78, 5) is 25.5. The summed E-state index contributed by atoms with van der Waals surface area (Å²) in [6.07, 6.45) is 9.71. The molecule has 6 heteroatoms. The van der Waals surface area contributed by atoms with Crippen molar-refractivity contribution in [2.75, 3.05) is 0 Å². The highest BCUT2D eigenvalue weighted by Gasteiger charge is 2.69. The maximum Gasteiger partial charge on any atom is 0.302 e. The van der Waals surface area contributed by atoms with Crippen molar-refractivity contribution in [3.8, 4) is 0 Å². The molecule has 11 atom stereocenters. The van der Waals surface area contributed by atoms with Crippen LogP contribution in [0.4, 0.5) is 0 Å². The van der Waals surface area contributed by atoms with Crippen LogP contribution < -0.4 is 0 Å². The Kier molecular flexibility index (Phi) is 5.65. The minimum absolute atomic E-state index is 0.0455. The summed E-state index contributed by atoms with van der Waals surface area (Å²) >= 11 is 0. The lowest BCUT2D eigenvalue weighted by molar-refractivity contribution is -0.189. The first kappa shape index (κ1) is 26.7. The Bertz CT molecular complexity index is 1120. The Morgan fingerprint density at radius 1 is 1.08 bits per heavy atom. The molecule has 2 heterocycles. The normalized spacial score (nSPS) is 52.0. The van der Waals surface area contributed by atoms with Crippen LogP contribution >= 0.6 is 0 Å². The van der Waals surface area contributed by atoms with Gasteiger partial charge < -0.3 is 19.3 Å². The molecule has 0 unspecified atom stereocenters. The van der Waals surface area contributed by atoms with E-state index in [2.05, 4.69) is 60.6 Å². The molecule has 0 spiro atoms. The molecule has 6 nitrogen and oxygen atoms in total. The van der Waals surface area contributed by atoms with Gasteiger partial charge in [0.2, 0.25) is 0 Å². The molecule has 0 aromatic rings. The second-order valence-corrected chi connectivity index (χ2v) is 15.0. The van der Waals surface area contributed by atoms with Gasteiger partial charge in [0.05, 0.1) is 11.7 Å². The van der Waals surface area contributed by atoms with Crippen LogP contribution in [0.2, 0.25) is 0 Å². The van der Waals surface area contributed by atoms with Crippen LogP contribution in [0.15, 0.2) is 23.8 Å². The predicted octanol–water partition coefficient (Wildman–Crippen LogP) is 5.38. The molecule has 0 bridgehead atoms. The third-order valence-corrected chi connectivity index (χ3v) is 12.4. The van der Waals surface area contributed by atoms with E-state index in [4.69, 9.17) is 14.2 Å². The first-order chi connectivity index (χ1) is 17.6. The lowest BCUT2D eigenvalue weighted by Crippen LogP contribution is -2.64. The number of aliphatic hydroxyl groups excluding tert-OH is 1. The number of hydrogen-bond acceptors (Lipinski definition) is 6. The van der Waals surface area contributed by atoms with Crippen LogP contribution in [0.1, 0.15) is 87.5 Å². The van der Waals surface area contributed by atoms with Crippen LogP contribution in [0.3, 0.4) is 0 Å². The fourth-order valence-electron chi connectivity index (χ4n) is 10.4. The molecular formula is C32H46O6. The van der Waals surface area contributed by atoms with Crippen LogP contribution in [0.25, 0.3) is 0 Å². The summed E-state index contributed by atoms with van der Waals surface area (Å²) in [5, 5.41) is 11.1. The Balaban J connectivity index is 1.36. The molecule has 0 radical (unpaired) electrons. The van der Waals surface area contributed by atoms with E-state index < -0.39 is 11.7 Å². The molecule has 4 aliphatic carbocycles. The number of ether oxygens (including phenoxy) is 3. The number of carbonyl (C=O) groups is 2. The van der Waals surface area contributed by atoms with Gasteiger partial charge in [-0.05, 0) is 80.6 Å². The van der Waals surface area contributed by atoms with Crippen molar-refractivity contribution in [1.82, 2.24) is 0 Å². The van der Waals surface area contributed by atoms with Crippen molar-refractivity contribution in [2.45, 2.75) is 118 Å². The summed E-state index contributed by atoms with van der Waals surface area (Å²) in [5.74, 6) is 0.567. The van der Waals surface area contributed by atoms with Gasteiger partial charge in [0.1, 0.15) is 12.2 Å². The van der Waals surface area contributed by atoms with Gasteiger partial charge in [0.25, 0.3) is 0 Å². The zero-order valence-electron chi connectivity index (χ0n) is 24.4. The lowest BCUT2D eigenvalue weighted by atomic mass is 9.38. The largest absolute Gasteiger partial charge is 0.462 e. The van der Waals surface area contributed by atoms with E-state index in [1.54, 1.807) is 0 Å². The minimum atomic E-state index is -0.786. The summed E-state index contributed by atoms with van der Waals surface area (Å²) in [7, 11) is 0. The van der Waals surface area contributed by atoms with Crippen molar-refractivity contribution in [2.24, 2.45) is 45.3 Å². The fourth-order valence-corrected chi connectivity index (χ4v) is 10.4. The zero-order valence-corrected chi connectivity index (χ0v) is 24.4. The van der Waals surface area contributed by atoms with Crippen molar-refractivity contribution in [3.05, 3.63) is 23.8 Å². The topological polar surface area (TPSA) is 85.4 Å². The standard InChI is InChI=1S/C32H46O6/c1-17(33)36-25-16-23-28(2,3)24(34)12-14-31(23,7)22-11-13-30(6)19(9-10-21(30)32(22,25)8)18-15-20(37-27(18)35)26-29(4,5)38-26/h10,12,14,18-20,22-23,25-27,35H,9,11,13,15-16H2,1-8H3/t18-,19-,20+,22+,23-,25+,26-,27-,30-,31+,32-/m0/s1. The van der Waals surface area contributed by atoms with Crippen molar-refractivity contribution in [3.63, 3.8) is 0 Å². The van der Waals surface area contributed by atoms with Gasteiger partial charge in [-0.1, -0.05) is 52.3 Å². The van der Waals surface area contributed by atoms with Crippen molar-refractivity contribution < 1.29 is 28.9 Å². The molecular weight excluding hydrogens is 480 g/mol. The molecule has 0 amide bonds. The zero-order chi connectivity index (χ0) is 27.6. The van der Waals surface area contributed by atoms with Gasteiger partial charge in [-0.2, -0.15) is 0 Å². The second-order valence-electron chi connectivity index (χ2n) is 15.0. The highest BCUT2D eigenvalue weighted by atomic mass is 16.7. The smallest absolute Gasteiger partial charge is 0.302 e. The maximum atomic E-state index is 13.0. The Labute approximate surface area is 227 Å². The molecule has 2 saturated carbocycles. The second kappa shape index (κ2) is 8.04. The fraction of sp³-hybridized carbons (Fsp3) is 0.812. The highest BCUT2D eigenvalue weighted by molar-refractivity contribution is 5.95. The molecule has 210 valence electrons. The molecule has 0 aromatic heterocycles. The van der Waals surface area contributed by atoms with Gasteiger partial charge in [-0.3, -0.25) is 9.59 Å². The summed E-state index contributed by atoms with van der Waals surface area (Å²) < 4.78 is 18.2. The van der Waals surface area contributed by atoms with E-state index in [-0.39, 0.29) is 75.6 Å². The molecule has 6 aliphatic rings. The van der Waals surface area contributed by atoms with Gasteiger partial charge in [0.15, 0.2) is 12.1 Å². The molecule has 2 saturated heterocycles. The molecule has 2 aliphatic heterocycles. The Morgan fingerprint density at radius 3 is 2.39 bits per heavy atom. The van der Waals surface area contributed by atoms with E-state index in [9.17, 15) is 14.7 Å². The van der Waals surface area contributed by atoms with Gasteiger partial charge in [0, 0.05) is 23.7 Å². The Morgan fingerprint density at radius 2 is 1.76 bits per heavy atom. The first-order valence-corrected chi connectivity index (χ1v) is 14.7. The molecule has 38 heavy (non-hydrogen) atoms. The first-order valence-electron chi connectivity index (χ1n) is 14.7. The number of esters is 1. The SMILES string of the molecule is CC(=O)O[C@@H]1C[C@H]2C(C)(C)C(=O)C=C[C@]2(C)[C@H]2CC[C@]3(C)C(=CC[C@H]3[C@@H]3C[C@H]([C@@H]4OC4(C)C)O[C@@H]3O)[C@@]21C. The Hall–Kier alpha value is -1.50. The van der Waals surface area contributed by atoms with Gasteiger partial charge in [-0.15, -0.1) is 0 Å². The number of rotatable bonds is 3. The average molecular weight is 527 g/mol. The summed E-state index contributed by atoms with van der Waals surface area (Å²) in [6, 6.07) is 0. The van der Waals surface area contributed by atoms with Gasteiger partial charge in [-0.25, -0.2) is 0 Å². The predicted molar refractivity (Wildman–Crippen MR) is 143 cm³/mol. The van der Waals surface area contributed by atoms with E-state index >= 15 is 0 Å². The van der Waals surface area contributed by atoms with Crippen LogP contribution in [-0.4, -0.2) is 47.1 Å². The number of ketones is 1.